The van der Waals surface area contributed by atoms with Crippen LogP contribution in [0.4, 0.5) is 0 Å². The Hall–Kier alpha value is -2.03. The Kier molecular flexibility index (Phi) is 10.5. The minimum absolute atomic E-state index is 0. The molecule has 1 heterocycles. The van der Waals surface area contributed by atoms with E-state index in [1.807, 2.05) is 63.2 Å². The first-order chi connectivity index (χ1) is 12.6. The summed E-state index contributed by atoms with van der Waals surface area (Å²) in [4.78, 5) is 9.06. The predicted molar refractivity (Wildman–Crippen MR) is 120 cm³/mol. The van der Waals surface area contributed by atoms with Gasteiger partial charge in [-0.3, -0.25) is 4.98 Å². The van der Waals surface area contributed by atoms with E-state index in [2.05, 4.69) is 20.6 Å². The fourth-order valence-electron chi connectivity index (χ4n) is 2.40. The second-order valence-electron chi connectivity index (χ2n) is 5.93. The van der Waals surface area contributed by atoms with Gasteiger partial charge in [-0.2, -0.15) is 0 Å². The first kappa shape index (κ1) is 23.0. The minimum atomic E-state index is -0.0488. The summed E-state index contributed by atoms with van der Waals surface area (Å²) < 4.78 is 11.3. The van der Waals surface area contributed by atoms with Crippen LogP contribution in [0.5, 0.6) is 11.5 Å². The quantitative estimate of drug-likeness (QED) is 0.341. The first-order valence-corrected chi connectivity index (χ1v) is 8.86. The van der Waals surface area contributed by atoms with Crippen LogP contribution in [-0.4, -0.2) is 37.2 Å². The molecule has 0 saturated heterocycles. The van der Waals surface area contributed by atoms with Crippen molar-refractivity contribution in [3.8, 4) is 11.5 Å². The number of hydrogen-bond donors (Lipinski definition) is 2. The molecule has 2 rings (SSSR count). The number of aliphatic imine (C=N–C) groups is 1. The number of guanidine groups is 1. The molecule has 0 aliphatic carbocycles. The molecule has 0 aliphatic heterocycles. The zero-order valence-electron chi connectivity index (χ0n) is 16.4. The Morgan fingerprint density at radius 2 is 1.85 bits per heavy atom. The number of rotatable bonds is 8. The highest BCUT2D eigenvalue weighted by molar-refractivity contribution is 14.0. The number of aromatic nitrogens is 1. The van der Waals surface area contributed by atoms with Gasteiger partial charge in [0, 0.05) is 12.2 Å². The smallest absolute Gasteiger partial charge is 0.191 e. The molecule has 1 aromatic heterocycles. The van der Waals surface area contributed by atoms with Crippen LogP contribution in [-0.2, 0) is 6.54 Å². The molecule has 1 unspecified atom stereocenters. The van der Waals surface area contributed by atoms with E-state index in [1.165, 1.54) is 0 Å². The second-order valence-corrected chi connectivity index (χ2v) is 5.93. The van der Waals surface area contributed by atoms with E-state index >= 15 is 0 Å². The van der Waals surface area contributed by atoms with Crippen molar-refractivity contribution in [3.63, 3.8) is 0 Å². The van der Waals surface area contributed by atoms with Gasteiger partial charge in [0.1, 0.15) is 6.10 Å². The van der Waals surface area contributed by atoms with E-state index in [0.717, 1.165) is 35.4 Å². The molecular formula is C20H29IN4O2. The summed E-state index contributed by atoms with van der Waals surface area (Å²) >= 11 is 0. The lowest BCUT2D eigenvalue weighted by Crippen LogP contribution is -2.41. The number of nitrogens with zero attached hydrogens (tertiary/aromatic N) is 2. The first-order valence-electron chi connectivity index (χ1n) is 8.86. The Bertz CT molecular complexity index is 725. The van der Waals surface area contributed by atoms with Gasteiger partial charge in [-0.1, -0.05) is 18.2 Å². The SMILES string of the molecule is CCNC(=NCc1cccc(C)n1)NCC(C)Oc1ccccc1OC.I. The van der Waals surface area contributed by atoms with Crippen LogP contribution in [0.1, 0.15) is 25.2 Å². The molecule has 2 aromatic rings. The highest BCUT2D eigenvalue weighted by atomic mass is 127. The van der Waals surface area contributed by atoms with Gasteiger partial charge in [0.15, 0.2) is 17.5 Å². The summed E-state index contributed by atoms with van der Waals surface area (Å²) in [5.41, 5.74) is 1.94. The minimum Gasteiger partial charge on any atom is -0.493 e. The van der Waals surface area contributed by atoms with Gasteiger partial charge >= 0.3 is 0 Å². The maximum Gasteiger partial charge on any atom is 0.191 e. The standard InChI is InChI=1S/C20H28N4O2.HI/c1-5-21-20(23-14-17-10-8-9-15(2)24-17)22-13-16(3)26-19-12-7-6-11-18(19)25-4;/h6-12,16H,5,13-14H2,1-4H3,(H2,21,22,23);1H. The van der Waals surface area contributed by atoms with Crippen LogP contribution < -0.4 is 20.1 Å². The molecule has 0 spiro atoms. The van der Waals surface area contributed by atoms with E-state index in [4.69, 9.17) is 9.47 Å². The zero-order valence-corrected chi connectivity index (χ0v) is 18.7. The van der Waals surface area contributed by atoms with Crippen molar-refractivity contribution >= 4 is 29.9 Å². The molecular weight excluding hydrogens is 455 g/mol. The molecule has 0 amide bonds. The molecule has 1 atom stereocenters. The van der Waals surface area contributed by atoms with E-state index < -0.39 is 0 Å². The predicted octanol–water partition coefficient (Wildman–Crippen LogP) is 3.54. The number of para-hydroxylation sites is 2. The fraction of sp³-hybridized carbons (Fsp3) is 0.400. The monoisotopic (exact) mass is 484 g/mol. The average molecular weight is 484 g/mol. The van der Waals surface area contributed by atoms with E-state index in [0.29, 0.717) is 13.1 Å². The molecule has 6 nitrogen and oxygen atoms in total. The lowest BCUT2D eigenvalue weighted by Gasteiger charge is -2.19. The van der Waals surface area contributed by atoms with Gasteiger partial charge in [0.25, 0.3) is 0 Å². The largest absolute Gasteiger partial charge is 0.493 e. The summed E-state index contributed by atoms with van der Waals surface area (Å²) in [6, 6.07) is 13.6. The van der Waals surface area contributed by atoms with Crippen molar-refractivity contribution < 1.29 is 9.47 Å². The van der Waals surface area contributed by atoms with E-state index in [-0.39, 0.29) is 30.1 Å². The highest BCUT2D eigenvalue weighted by Gasteiger charge is 2.09. The van der Waals surface area contributed by atoms with Crippen LogP contribution in [0.2, 0.25) is 0 Å². The van der Waals surface area contributed by atoms with Crippen molar-refractivity contribution in [2.75, 3.05) is 20.2 Å². The normalized spacial score (nSPS) is 11.9. The Morgan fingerprint density at radius 1 is 1.11 bits per heavy atom. The third kappa shape index (κ3) is 8.03. The number of nitrogens with one attached hydrogen (secondary N) is 2. The number of ether oxygens (including phenoxy) is 2. The maximum absolute atomic E-state index is 5.96. The van der Waals surface area contributed by atoms with Gasteiger partial charge in [0.2, 0.25) is 0 Å². The second kappa shape index (κ2) is 12.4. The third-order valence-corrected chi connectivity index (χ3v) is 3.64. The Balaban J connectivity index is 0.00000364. The molecule has 7 heteroatoms. The van der Waals surface area contributed by atoms with Crippen molar-refractivity contribution in [1.82, 2.24) is 15.6 Å². The number of halogens is 1. The summed E-state index contributed by atoms with van der Waals surface area (Å²) in [7, 11) is 1.64. The van der Waals surface area contributed by atoms with Gasteiger partial charge in [-0.15, -0.1) is 24.0 Å². The van der Waals surface area contributed by atoms with Crippen LogP contribution in [0.25, 0.3) is 0 Å². The molecule has 1 aromatic carbocycles. The Labute approximate surface area is 178 Å². The lowest BCUT2D eigenvalue weighted by molar-refractivity contribution is 0.213. The summed E-state index contributed by atoms with van der Waals surface area (Å²) in [5, 5.41) is 6.55. The molecule has 0 aliphatic rings. The number of methoxy groups -OCH3 is 1. The maximum atomic E-state index is 5.96. The van der Waals surface area contributed by atoms with Gasteiger partial charge in [-0.05, 0) is 45.0 Å². The van der Waals surface area contributed by atoms with Crippen molar-refractivity contribution in [1.29, 1.82) is 0 Å². The Morgan fingerprint density at radius 3 is 2.52 bits per heavy atom. The average Bonchev–Trinajstić information content (AvgIpc) is 2.64. The number of pyridine rings is 1. The van der Waals surface area contributed by atoms with Gasteiger partial charge < -0.3 is 20.1 Å². The van der Waals surface area contributed by atoms with E-state index in [1.54, 1.807) is 7.11 Å². The summed E-state index contributed by atoms with van der Waals surface area (Å²) in [6.45, 7) is 7.95. The number of aryl methyl sites for hydroxylation is 1. The fourth-order valence-corrected chi connectivity index (χ4v) is 2.40. The molecule has 148 valence electrons. The van der Waals surface area contributed by atoms with Crippen molar-refractivity contribution in [2.45, 2.75) is 33.4 Å². The van der Waals surface area contributed by atoms with Crippen LogP contribution >= 0.6 is 24.0 Å². The molecule has 2 N–H and O–H groups in total. The number of hydrogen-bond acceptors (Lipinski definition) is 4. The number of benzene rings is 1. The van der Waals surface area contributed by atoms with E-state index in [9.17, 15) is 0 Å². The molecule has 0 saturated carbocycles. The van der Waals surface area contributed by atoms with Crippen molar-refractivity contribution in [2.24, 2.45) is 4.99 Å². The molecule has 0 radical (unpaired) electrons. The third-order valence-electron chi connectivity index (χ3n) is 3.64. The highest BCUT2D eigenvalue weighted by Crippen LogP contribution is 2.26. The van der Waals surface area contributed by atoms with Gasteiger partial charge in [-0.25, -0.2) is 4.99 Å². The topological polar surface area (TPSA) is 67.8 Å². The zero-order chi connectivity index (χ0) is 18.8. The summed E-state index contributed by atoms with van der Waals surface area (Å²) in [6.07, 6.45) is -0.0488. The van der Waals surface area contributed by atoms with Crippen LogP contribution in [0.15, 0.2) is 47.5 Å². The van der Waals surface area contributed by atoms with Crippen LogP contribution in [0, 0.1) is 6.92 Å². The molecule has 27 heavy (non-hydrogen) atoms. The summed E-state index contributed by atoms with van der Waals surface area (Å²) in [5.74, 6) is 2.20. The van der Waals surface area contributed by atoms with Gasteiger partial charge in [0.05, 0.1) is 25.9 Å². The lowest BCUT2D eigenvalue weighted by atomic mass is 10.3. The molecule has 0 fully saturated rings. The van der Waals surface area contributed by atoms with Crippen molar-refractivity contribution in [3.05, 3.63) is 53.9 Å². The van der Waals surface area contributed by atoms with Crippen LogP contribution in [0.3, 0.4) is 0 Å². The molecule has 0 bridgehead atoms.